The number of nitrogens with one attached hydrogen (secondary N) is 1. The maximum atomic E-state index is 11.9. The lowest BCUT2D eigenvalue weighted by atomic mass is 10.2. The molecule has 0 saturated heterocycles. The van der Waals surface area contributed by atoms with Gasteiger partial charge in [-0.2, -0.15) is 0 Å². The second-order valence-electron chi connectivity index (χ2n) is 4.01. The predicted molar refractivity (Wildman–Crippen MR) is 73.1 cm³/mol. The van der Waals surface area contributed by atoms with Gasteiger partial charge in [-0.1, -0.05) is 16.8 Å². The van der Waals surface area contributed by atoms with Gasteiger partial charge in [0.25, 0.3) is 11.6 Å². The lowest BCUT2D eigenvalue weighted by molar-refractivity contribution is -0.384. The van der Waals surface area contributed by atoms with Crippen molar-refractivity contribution in [1.29, 1.82) is 0 Å². The van der Waals surface area contributed by atoms with E-state index in [0.29, 0.717) is 11.5 Å². The van der Waals surface area contributed by atoms with E-state index >= 15 is 0 Å². The summed E-state index contributed by atoms with van der Waals surface area (Å²) in [4.78, 5) is 22.2. The van der Waals surface area contributed by atoms with Crippen molar-refractivity contribution < 1.29 is 14.2 Å². The highest BCUT2D eigenvalue weighted by molar-refractivity contribution is 7.18. The maximum absolute atomic E-state index is 11.9. The number of nitrogens with zero attached hydrogens (tertiary/aromatic N) is 2. The molecular weight excluding hydrogens is 306 g/mol. The Labute approximate surface area is 122 Å². The molecule has 0 radical (unpaired) electrons. The number of carbonyl (C=O) groups excluding carboxylic acids is 1. The van der Waals surface area contributed by atoms with Gasteiger partial charge in [-0.25, -0.2) is 0 Å². The van der Waals surface area contributed by atoms with Crippen LogP contribution in [-0.4, -0.2) is 16.0 Å². The molecule has 0 atom stereocenters. The summed E-state index contributed by atoms with van der Waals surface area (Å²) >= 11 is 6.58. The molecule has 0 aromatic carbocycles. The zero-order chi connectivity index (χ0) is 14.9. The molecule has 1 amide bonds. The molecule has 1 N–H and O–H groups in total. The summed E-state index contributed by atoms with van der Waals surface area (Å²) in [6.45, 7) is 3.75. The molecule has 2 heterocycles. The van der Waals surface area contributed by atoms with Crippen LogP contribution in [0.25, 0.3) is 0 Å². The summed E-state index contributed by atoms with van der Waals surface area (Å²) in [5.74, 6) is 0.197. The number of thiophene rings is 1. The molecule has 9 heteroatoms. The predicted octanol–water partition coefficient (Wildman–Crippen LogP) is 2.84. The summed E-state index contributed by atoms with van der Waals surface area (Å²) in [6.07, 6.45) is 0. The fourth-order valence-corrected chi connectivity index (χ4v) is 2.75. The van der Waals surface area contributed by atoms with Crippen LogP contribution in [0.4, 0.5) is 5.69 Å². The van der Waals surface area contributed by atoms with Crippen molar-refractivity contribution in [2.24, 2.45) is 0 Å². The van der Waals surface area contributed by atoms with Crippen molar-refractivity contribution >= 4 is 34.5 Å². The highest BCUT2D eigenvalue weighted by atomic mass is 35.5. The van der Waals surface area contributed by atoms with E-state index < -0.39 is 10.8 Å². The smallest absolute Gasteiger partial charge is 0.299 e. The lowest BCUT2D eigenvalue weighted by Gasteiger charge is -2.02. The molecule has 0 aliphatic heterocycles. The van der Waals surface area contributed by atoms with E-state index in [1.807, 2.05) is 0 Å². The molecule has 0 bridgehead atoms. The fourth-order valence-electron chi connectivity index (χ4n) is 1.61. The van der Waals surface area contributed by atoms with E-state index in [9.17, 15) is 14.9 Å². The van der Waals surface area contributed by atoms with Crippen LogP contribution in [0.5, 0.6) is 0 Å². The number of hydrogen-bond donors (Lipinski definition) is 1. The van der Waals surface area contributed by atoms with E-state index in [2.05, 4.69) is 10.5 Å². The lowest BCUT2D eigenvalue weighted by Crippen LogP contribution is -2.22. The zero-order valence-electron chi connectivity index (χ0n) is 10.6. The van der Waals surface area contributed by atoms with Gasteiger partial charge in [0, 0.05) is 18.2 Å². The van der Waals surface area contributed by atoms with E-state index in [1.165, 1.54) is 0 Å². The number of nitro groups is 1. The summed E-state index contributed by atoms with van der Waals surface area (Å²) in [5.41, 5.74) is 1.22. The molecule has 0 aliphatic carbocycles. The van der Waals surface area contributed by atoms with Gasteiger partial charge in [-0.3, -0.25) is 14.9 Å². The third kappa shape index (κ3) is 2.81. The van der Waals surface area contributed by atoms with Gasteiger partial charge in [0.2, 0.25) is 0 Å². The van der Waals surface area contributed by atoms with Crippen LogP contribution in [0.3, 0.4) is 0 Å². The van der Waals surface area contributed by atoms with Crippen molar-refractivity contribution in [3.05, 3.63) is 42.4 Å². The first-order valence-electron chi connectivity index (χ1n) is 5.53. The molecule has 0 saturated carbocycles. The quantitative estimate of drug-likeness (QED) is 0.691. The van der Waals surface area contributed by atoms with E-state index in [-0.39, 0.29) is 21.4 Å². The normalized spacial score (nSPS) is 10.6. The standard InChI is InChI=1S/C11H10ClN3O4S/c1-5-7(6(2)19-14-5)4-13-11(16)9-3-8(15(17)18)10(12)20-9/h3H,4H2,1-2H3,(H,13,16). The Morgan fingerprint density at radius 1 is 1.60 bits per heavy atom. The second-order valence-corrected chi connectivity index (χ2v) is 5.67. The monoisotopic (exact) mass is 315 g/mol. The van der Waals surface area contributed by atoms with E-state index in [1.54, 1.807) is 13.8 Å². The van der Waals surface area contributed by atoms with Crippen LogP contribution in [0.1, 0.15) is 26.7 Å². The van der Waals surface area contributed by atoms with Gasteiger partial charge in [-0.15, -0.1) is 11.3 Å². The van der Waals surface area contributed by atoms with Crippen molar-refractivity contribution in [2.75, 3.05) is 0 Å². The third-order valence-corrected chi connectivity index (χ3v) is 4.03. The number of amides is 1. The SMILES string of the molecule is Cc1noc(C)c1CNC(=O)c1cc([N+](=O)[O-])c(Cl)s1. The number of halogens is 1. The van der Waals surface area contributed by atoms with Gasteiger partial charge in [-0.05, 0) is 13.8 Å². The van der Waals surface area contributed by atoms with Gasteiger partial charge in [0.15, 0.2) is 4.34 Å². The minimum Gasteiger partial charge on any atom is -0.361 e. The maximum Gasteiger partial charge on any atom is 0.299 e. The Bertz CT molecular complexity index is 660. The first-order valence-corrected chi connectivity index (χ1v) is 6.73. The van der Waals surface area contributed by atoms with Crippen LogP contribution >= 0.6 is 22.9 Å². The van der Waals surface area contributed by atoms with Crippen molar-refractivity contribution in [1.82, 2.24) is 10.5 Å². The molecule has 7 nitrogen and oxygen atoms in total. The van der Waals surface area contributed by atoms with E-state index in [0.717, 1.165) is 23.0 Å². The Hall–Kier alpha value is -1.93. The van der Waals surface area contributed by atoms with Crippen LogP contribution in [0.2, 0.25) is 4.34 Å². The highest BCUT2D eigenvalue weighted by Crippen LogP contribution is 2.33. The molecule has 2 rings (SSSR count). The number of rotatable bonds is 4. The van der Waals surface area contributed by atoms with E-state index in [4.69, 9.17) is 16.1 Å². The van der Waals surface area contributed by atoms with Gasteiger partial charge >= 0.3 is 0 Å². The van der Waals surface area contributed by atoms with Gasteiger partial charge < -0.3 is 9.84 Å². The van der Waals surface area contributed by atoms with Gasteiger partial charge in [0.1, 0.15) is 10.6 Å². The second kappa shape index (κ2) is 5.59. The topological polar surface area (TPSA) is 98.3 Å². The molecule has 0 spiro atoms. The van der Waals surface area contributed by atoms with Crippen LogP contribution in [0, 0.1) is 24.0 Å². The van der Waals surface area contributed by atoms with Gasteiger partial charge in [0.05, 0.1) is 10.6 Å². The summed E-state index contributed by atoms with van der Waals surface area (Å²) in [6, 6.07) is 1.16. The average Bonchev–Trinajstić information content (AvgIpc) is 2.91. The molecule has 0 unspecified atom stereocenters. The zero-order valence-corrected chi connectivity index (χ0v) is 12.2. The summed E-state index contributed by atoms with van der Waals surface area (Å²) in [5, 5.41) is 17.1. The minimum absolute atomic E-state index is 0.0162. The van der Waals surface area contributed by atoms with Crippen molar-refractivity contribution in [3.8, 4) is 0 Å². The Kier molecular flexibility index (Phi) is 4.05. The van der Waals surface area contributed by atoms with Crippen LogP contribution in [0.15, 0.2) is 10.6 Å². The first-order chi connectivity index (χ1) is 9.40. The number of aryl methyl sites for hydroxylation is 2. The molecule has 2 aromatic rings. The summed E-state index contributed by atoms with van der Waals surface area (Å²) < 4.78 is 4.96. The Balaban J connectivity index is 2.09. The fraction of sp³-hybridized carbons (Fsp3) is 0.273. The largest absolute Gasteiger partial charge is 0.361 e. The molecular formula is C11H10ClN3O4S. The molecule has 20 heavy (non-hydrogen) atoms. The molecule has 0 aliphatic rings. The van der Waals surface area contributed by atoms with Crippen LogP contribution < -0.4 is 5.32 Å². The van der Waals surface area contributed by atoms with Crippen LogP contribution in [-0.2, 0) is 6.54 Å². The summed E-state index contributed by atoms with van der Waals surface area (Å²) in [7, 11) is 0. The number of aromatic nitrogens is 1. The molecule has 106 valence electrons. The Morgan fingerprint density at radius 2 is 2.30 bits per heavy atom. The molecule has 2 aromatic heterocycles. The molecule has 0 fully saturated rings. The average molecular weight is 316 g/mol. The third-order valence-electron chi connectivity index (χ3n) is 2.70. The number of carbonyl (C=O) groups is 1. The minimum atomic E-state index is -0.621. The highest BCUT2D eigenvalue weighted by Gasteiger charge is 2.21. The van der Waals surface area contributed by atoms with Crippen molar-refractivity contribution in [3.63, 3.8) is 0 Å². The Morgan fingerprint density at radius 3 is 2.80 bits per heavy atom. The first kappa shape index (κ1) is 14.5. The number of hydrogen-bond acceptors (Lipinski definition) is 6. The van der Waals surface area contributed by atoms with Crippen molar-refractivity contribution in [2.45, 2.75) is 20.4 Å².